The maximum Gasteiger partial charge on any atom is 0.249 e. The Morgan fingerprint density at radius 3 is 3.00 bits per heavy atom. The molecule has 20 heavy (non-hydrogen) atoms. The highest BCUT2D eigenvalue weighted by Crippen LogP contribution is 2.18. The molecule has 0 aromatic carbocycles. The van der Waals surface area contributed by atoms with Crippen LogP contribution in [0.2, 0.25) is 0 Å². The summed E-state index contributed by atoms with van der Waals surface area (Å²) in [6.07, 6.45) is 8.11. The summed E-state index contributed by atoms with van der Waals surface area (Å²) < 4.78 is 0. The number of unbranched alkanes of at least 4 members (excludes halogenated alkanes) is 3. The molecule has 6 heteroatoms. The van der Waals surface area contributed by atoms with Gasteiger partial charge in [0.05, 0.1) is 5.39 Å². The van der Waals surface area contributed by atoms with Crippen molar-refractivity contribution in [2.45, 2.75) is 32.6 Å². The number of pyridine rings is 1. The van der Waals surface area contributed by atoms with Crippen molar-refractivity contribution < 1.29 is 0 Å². The molecule has 2 aromatic rings. The van der Waals surface area contributed by atoms with Gasteiger partial charge in [0, 0.05) is 19.5 Å². The number of fused-ring (bicyclic) bond motifs is 1. The smallest absolute Gasteiger partial charge is 0.249 e. The minimum atomic E-state index is 0.422. The lowest BCUT2D eigenvalue weighted by molar-refractivity contribution is 0.744. The predicted molar refractivity (Wildman–Crippen MR) is 82.8 cm³/mol. The quantitative estimate of drug-likeness (QED) is 0.496. The van der Waals surface area contributed by atoms with Crippen molar-refractivity contribution in [1.29, 1.82) is 0 Å². The Labute approximate surface area is 118 Å². The van der Waals surface area contributed by atoms with Crippen LogP contribution in [-0.4, -0.2) is 28.2 Å². The number of hydrogen-bond donors (Lipinski definition) is 1. The van der Waals surface area contributed by atoms with Gasteiger partial charge in [-0.3, -0.25) is 0 Å². The van der Waals surface area contributed by atoms with E-state index < -0.39 is 0 Å². The topological polar surface area (TPSA) is 80.3 Å². The van der Waals surface area contributed by atoms with Crippen LogP contribution in [0.1, 0.15) is 32.6 Å². The molecule has 0 saturated carbocycles. The number of hydrazone groups is 1. The van der Waals surface area contributed by atoms with Crippen molar-refractivity contribution in [3.63, 3.8) is 0 Å². The average molecular weight is 272 g/mol. The van der Waals surface area contributed by atoms with Gasteiger partial charge in [-0.2, -0.15) is 15.1 Å². The summed E-state index contributed by atoms with van der Waals surface area (Å²) in [6, 6.07) is 3.67. The number of rotatable bonds is 6. The number of anilines is 2. The number of nitrogens with two attached hydrogens (primary N) is 1. The van der Waals surface area contributed by atoms with E-state index in [1.54, 1.807) is 18.3 Å². The SMILES string of the molecule is CCCCC/C=N/N(C)c1nc(N)c2cccnc2n1. The molecule has 0 aliphatic carbocycles. The second kappa shape index (κ2) is 6.79. The van der Waals surface area contributed by atoms with E-state index in [-0.39, 0.29) is 0 Å². The van der Waals surface area contributed by atoms with Gasteiger partial charge in [0.15, 0.2) is 5.65 Å². The summed E-state index contributed by atoms with van der Waals surface area (Å²) in [4.78, 5) is 12.8. The van der Waals surface area contributed by atoms with Gasteiger partial charge in [-0.15, -0.1) is 0 Å². The van der Waals surface area contributed by atoms with Crippen LogP contribution in [0.3, 0.4) is 0 Å². The number of aromatic nitrogens is 3. The molecule has 2 aromatic heterocycles. The molecule has 2 rings (SSSR count). The summed E-state index contributed by atoms with van der Waals surface area (Å²) in [5.41, 5.74) is 6.51. The van der Waals surface area contributed by atoms with Gasteiger partial charge in [0.25, 0.3) is 0 Å². The van der Waals surface area contributed by atoms with Crippen LogP contribution in [0.25, 0.3) is 11.0 Å². The Balaban J connectivity index is 2.12. The van der Waals surface area contributed by atoms with Crippen molar-refractivity contribution in [2.24, 2.45) is 5.10 Å². The summed E-state index contributed by atoms with van der Waals surface area (Å²) >= 11 is 0. The molecule has 0 radical (unpaired) electrons. The van der Waals surface area contributed by atoms with Crippen LogP contribution in [0.5, 0.6) is 0 Å². The molecule has 0 atom stereocenters. The zero-order valence-corrected chi connectivity index (χ0v) is 12.0. The van der Waals surface area contributed by atoms with Crippen molar-refractivity contribution in [3.8, 4) is 0 Å². The first-order chi connectivity index (χ1) is 9.72. The van der Waals surface area contributed by atoms with Gasteiger partial charge < -0.3 is 5.73 Å². The lowest BCUT2D eigenvalue weighted by atomic mass is 10.2. The van der Waals surface area contributed by atoms with Crippen LogP contribution < -0.4 is 10.7 Å². The van der Waals surface area contributed by atoms with E-state index in [1.807, 2.05) is 18.3 Å². The van der Waals surface area contributed by atoms with Crippen molar-refractivity contribution in [1.82, 2.24) is 15.0 Å². The summed E-state index contributed by atoms with van der Waals surface area (Å²) in [5, 5.41) is 6.70. The Kier molecular flexibility index (Phi) is 4.81. The molecule has 6 nitrogen and oxygen atoms in total. The van der Waals surface area contributed by atoms with Crippen molar-refractivity contribution in [2.75, 3.05) is 17.8 Å². The minimum Gasteiger partial charge on any atom is -0.383 e. The molecular weight excluding hydrogens is 252 g/mol. The van der Waals surface area contributed by atoms with Crippen LogP contribution in [0.15, 0.2) is 23.4 Å². The Morgan fingerprint density at radius 1 is 1.35 bits per heavy atom. The molecule has 0 spiro atoms. The highest BCUT2D eigenvalue weighted by atomic mass is 15.5. The molecule has 0 aliphatic heterocycles. The average Bonchev–Trinajstić information content (AvgIpc) is 2.47. The third kappa shape index (κ3) is 3.40. The zero-order valence-electron chi connectivity index (χ0n) is 12.0. The van der Waals surface area contributed by atoms with E-state index >= 15 is 0 Å². The first-order valence-corrected chi connectivity index (χ1v) is 6.86. The molecule has 0 fully saturated rings. The highest BCUT2D eigenvalue weighted by Gasteiger charge is 2.08. The maximum atomic E-state index is 5.92. The second-order valence-corrected chi connectivity index (χ2v) is 4.60. The maximum absolute atomic E-state index is 5.92. The number of hydrogen-bond acceptors (Lipinski definition) is 6. The molecule has 2 N–H and O–H groups in total. The highest BCUT2D eigenvalue weighted by molar-refractivity contribution is 5.86. The minimum absolute atomic E-state index is 0.422. The predicted octanol–water partition coefficient (Wildman–Crippen LogP) is 2.61. The summed E-state index contributed by atoms with van der Waals surface area (Å²) in [7, 11) is 1.81. The van der Waals surface area contributed by atoms with Gasteiger partial charge in [-0.1, -0.05) is 19.8 Å². The lowest BCUT2D eigenvalue weighted by Crippen LogP contribution is -2.14. The summed E-state index contributed by atoms with van der Waals surface area (Å²) in [5.74, 6) is 0.881. The first kappa shape index (κ1) is 14.2. The molecule has 0 amide bonds. The van der Waals surface area contributed by atoms with Crippen LogP contribution in [0, 0.1) is 0 Å². The fourth-order valence-corrected chi connectivity index (χ4v) is 1.84. The van der Waals surface area contributed by atoms with Gasteiger partial charge in [-0.05, 0) is 25.0 Å². The largest absolute Gasteiger partial charge is 0.383 e. The third-order valence-electron chi connectivity index (χ3n) is 2.97. The monoisotopic (exact) mass is 272 g/mol. The molecular formula is C14H20N6. The van der Waals surface area contributed by atoms with Crippen molar-refractivity contribution >= 4 is 29.0 Å². The molecule has 0 saturated heterocycles. The van der Waals surface area contributed by atoms with Gasteiger partial charge in [0.2, 0.25) is 5.95 Å². The zero-order chi connectivity index (χ0) is 14.4. The Bertz CT molecular complexity index is 595. The number of nitrogens with zero attached hydrogens (tertiary/aromatic N) is 5. The molecule has 0 aliphatic rings. The van der Waals surface area contributed by atoms with E-state index in [0.717, 1.165) is 18.2 Å². The van der Waals surface area contributed by atoms with Crippen molar-refractivity contribution in [3.05, 3.63) is 18.3 Å². The Hall–Kier alpha value is -2.24. The standard InChI is InChI=1S/C14H20N6/c1-3-4-5-6-10-17-20(2)14-18-12(15)11-8-7-9-16-13(11)19-14/h7-10H,3-6H2,1-2H3,(H2,15,16,18,19)/b17-10+. The lowest BCUT2D eigenvalue weighted by Gasteiger charge is -2.11. The normalized spacial score (nSPS) is 11.3. The summed E-state index contributed by atoms with van der Waals surface area (Å²) in [6.45, 7) is 2.18. The second-order valence-electron chi connectivity index (χ2n) is 4.60. The molecule has 0 bridgehead atoms. The van der Waals surface area contributed by atoms with E-state index in [0.29, 0.717) is 17.4 Å². The first-order valence-electron chi connectivity index (χ1n) is 6.86. The number of nitrogen functional groups attached to an aromatic ring is 1. The molecule has 0 unspecified atom stereocenters. The van der Waals surface area contributed by atoms with Crippen LogP contribution in [-0.2, 0) is 0 Å². The van der Waals surface area contributed by atoms with Gasteiger partial charge >= 0.3 is 0 Å². The van der Waals surface area contributed by atoms with E-state index in [9.17, 15) is 0 Å². The third-order valence-corrected chi connectivity index (χ3v) is 2.97. The van der Waals surface area contributed by atoms with Gasteiger partial charge in [-0.25, -0.2) is 9.99 Å². The fourth-order valence-electron chi connectivity index (χ4n) is 1.84. The van der Waals surface area contributed by atoms with E-state index in [4.69, 9.17) is 5.73 Å². The fraction of sp³-hybridized carbons (Fsp3) is 0.429. The van der Waals surface area contributed by atoms with Crippen LogP contribution >= 0.6 is 0 Å². The van der Waals surface area contributed by atoms with E-state index in [1.165, 1.54) is 12.8 Å². The molecule has 2 heterocycles. The van der Waals surface area contributed by atoms with E-state index in [2.05, 4.69) is 27.0 Å². The Morgan fingerprint density at radius 2 is 2.20 bits per heavy atom. The molecule has 106 valence electrons. The van der Waals surface area contributed by atoms with Gasteiger partial charge in [0.1, 0.15) is 5.82 Å². The van der Waals surface area contributed by atoms with Crippen LogP contribution in [0.4, 0.5) is 11.8 Å².